The largest absolute Gasteiger partial charge is 0.391 e. The van der Waals surface area contributed by atoms with E-state index in [-0.39, 0.29) is 11.5 Å². The second-order valence-electron chi connectivity index (χ2n) is 5.53. The van der Waals surface area contributed by atoms with Crippen LogP contribution in [-0.2, 0) is 4.74 Å². The monoisotopic (exact) mass is 228 g/mol. The first-order valence-corrected chi connectivity index (χ1v) is 6.07. The van der Waals surface area contributed by atoms with Crippen LogP contribution in [0.3, 0.4) is 0 Å². The number of rotatable bonds is 0. The quantitative estimate of drug-likeness (QED) is 0.509. The van der Waals surface area contributed by atoms with E-state index < -0.39 is 16.6 Å². The Balaban J connectivity index is 2.15. The van der Waals surface area contributed by atoms with Gasteiger partial charge in [-0.3, -0.25) is 0 Å². The first kappa shape index (κ1) is 10.1. The molecule has 2 nitrogen and oxygen atoms in total. The van der Waals surface area contributed by atoms with Crippen molar-refractivity contribution in [3.05, 3.63) is 12.2 Å². The van der Waals surface area contributed by atoms with Gasteiger partial charge in [-0.25, -0.2) is 0 Å². The summed E-state index contributed by atoms with van der Waals surface area (Å²) in [5.41, 5.74) is -0.813. The fraction of sp³-hybridized carbons (Fsp3) is 0.833. The smallest absolute Gasteiger partial charge is 0.106 e. The van der Waals surface area contributed by atoms with Gasteiger partial charge < -0.3 is 9.84 Å². The number of fused-ring (bicyclic) bond motifs is 6. The van der Waals surface area contributed by atoms with Crippen molar-refractivity contribution >= 4 is 11.6 Å². The van der Waals surface area contributed by atoms with E-state index in [1.165, 1.54) is 0 Å². The molecule has 2 aliphatic heterocycles. The van der Waals surface area contributed by atoms with E-state index in [9.17, 15) is 5.11 Å². The van der Waals surface area contributed by atoms with Crippen molar-refractivity contribution < 1.29 is 9.84 Å². The summed E-state index contributed by atoms with van der Waals surface area (Å²) in [7, 11) is 0. The minimum Gasteiger partial charge on any atom is -0.391 e. The van der Waals surface area contributed by atoms with Crippen molar-refractivity contribution in [3.8, 4) is 0 Å². The minimum atomic E-state index is -0.623. The van der Waals surface area contributed by atoms with Crippen LogP contribution >= 0.6 is 11.6 Å². The lowest BCUT2D eigenvalue weighted by Gasteiger charge is -2.57. The van der Waals surface area contributed by atoms with E-state index >= 15 is 0 Å². The number of halogens is 1. The molecule has 1 saturated heterocycles. The Morgan fingerprint density at radius 1 is 1.40 bits per heavy atom. The van der Waals surface area contributed by atoms with Gasteiger partial charge in [-0.2, -0.15) is 0 Å². The highest BCUT2D eigenvalue weighted by atomic mass is 35.5. The van der Waals surface area contributed by atoms with Gasteiger partial charge in [0.2, 0.25) is 0 Å². The molecule has 0 spiro atoms. The standard InChI is InChI=1S/C12H17ClO2/c1-10-6-7-11(2,15-10)12(13)5-3-4-8(10)9(12)14/h6-9,14H,3-5H2,1-2H3. The van der Waals surface area contributed by atoms with Crippen LogP contribution in [-0.4, -0.2) is 27.3 Å². The first-order valence-electron chi connectivity index (χ1n) is 5.69. The molecule has 0 radical (unpaired) electrons. The Bertz CT molecular complexity index is 343. The van der Waals surface area contributed by atoms with Crippen molar-refractivity contribution in [2.75, 3.05) is 0 Å². The Kier molecular flexibility index (Phi) is 1.76. The fourth-order valence-corrected chi connectivity index (χ4v) is 4.01. The Labute approximate surface area is 95.3 Å². The number of aliphatic hydroxyl groups excluding tert-OH is 1. The van der Waals surface area contributed by atoms with Crippen molar-refractivity contribution in [1.82, 2.24) is 0 Å². The molecule has 84 valence electrons. The molecule has 5 unspecified atom stereocenters. The van der Waals surface area contributed by atoms with E-state index in [1.54, 1.807) is 0 Å². The number of hydrogen-bond acceptors (Lipinski definition) is 2. The molecule has 1 N–H and O–H groups in total. The molecule has 2 fully saturated rings. The van der Waals surface area contributed by atoms with Gasteiger partial charge in [0, 0.05) is 5.92 Å². The molecule has 4 bridgehead atoms. The molecule has 0 aromatic carbocycles. The summed E-state index contributed by atoms with van der Waals surface area (Å²) in [5.74, 6) is 0.149. The van der Waals surface area contributed by atoms with Gasteiger partial charge in [0.15, 0.2) is 0 Å². The number of ether oxygens (including phenoxy) is 1. The van der Waals surface area contributed by atoms with Crippen LogP contribution < -0.4 is 0 Å². The molecule has 0 aromatic rings. The molecule has 3 aliphatic rings. The number of hydrogen-bond donors (Lipinski definition) is 1. The summed E-state index contributed by atoms with van der Waals surface area (Å²) >= 11 is 6.63. The van der Waals surface area contributed by atoms with Gasteiger partial charge in [-0.15, -0.1) is 11.6 Å². The predicted molar refractivity (Wildman–Crippen MR) is 59.0 cm³/mol. The molecule has 2 heterocycles. The average molecular weight is 229 g/mol. The van der Waals surface area contributed by atoms with E-state index in [0.717, 1.165) is 19.3 Å². The lowest BCUT2D eigenvalue weighted by Crippen LogP contribution is -2.68. The average Bonchev–Trinajstić information content (AvgIpc) is 2.48. The Morgan fingerprint density at radius 2 is 2.13 bits per heavy atom. The second kappa shape index (κ2) is 2.61. The maximum Gasteiger partial charge on any atom is 0.106 e. The SMILES string of the molecule is CC12C=CC(C)(O1)C1(Cl)CCCC2C1O. The lowest BCUT2D eigenvalue weighted by molar-refractivity contribution is -0.218. The maximum atomic E-state index is 10.4. The molecule has 3 heteroatoms. The minimum absolute atomic E-state index is 0.149. The topological polar surface area (TPSA) is 29.5 Å². The van der Waals surface area contributed by atoms with E-state index in [0.29, 0.717) is 0 Å². The number of aliphatic hydroxyl groups is 1. The van der Waals surface area contributed by atoms with Gasteiger partial charge in [0.1, 0.15) is 10.5 Å². The van der Waals surface area contributed by atoms with Crippen molar-refractivity contribution in [3.63, 3.8) is 0 Å². The lowest BCUT2D eigenvalue weighted by atomic mass is 9.65. The fourth-order valence-electron chi connectivity index (χ4n) is 3.62. The van der Waals surface area contributed by atoms with Crippen LogP contribution in [0.25, 0.3) is 0 Å². The predicted octanol–water partition coefficient (Wildman–Crippen LogP) is 2.24. The van der Waals surface area contributed by atoms with Crippen molar-refractivity contribution in [1.29, 1.82) is 0 Å². The molecule has 0 amide bonds. The molecule has 1 saturated carbocycles. The highest BCUT2D eigenvalue weighted by Crippen LogP contribution is 2.59. The summed E-state index contributed by atoms with van der Waals surface area (Å²) in [6.45, 7) is 4.05. The number of alkyl halides is 1. The third-order valence-corrected chi connectivity index (χ3v) is 5.42. The van der Waals surface area contributed by atoms with E-state index in [1.807, 2.05) is 6.92 Å². The highest BCUT2D eigenvalue weighted by molar-refractivity contribution is 6.25. The third-order valence-electron chi connectivity index (χ3n) is 4.63. The summed E-state index contributed by atoms with van der Waals surface area (Å²) in [6, 6.07) is 0. The van der Waals surface area contributed by atoms with Gasteiger partial charge >= 0.3 is 0 Å². The zero-order chi connectivity index (χ0) is 10.9. The van der Waals surface area contributed by atoms with Gasteiger partial charge in [-0.05, 0) is 26.7 Å². The zero-order valence-electron chi connectivity index (χ0n) is 9.16. The zero-order valence-corrected chi connectivity index (χ0v) is 9.92. The first-order chi connectivity index (χ1) is 6.91. The Hall–Kier alpha value is -0.0500. The summed E-state index contributed by atoms with van der Waals surface area (Å²) in [5, 5.41) is 10.4. The van der Waals surface area contributed by atoms with E-state index in [4.69, 9.17) is 16.3 Å². The molecule has 0 aromatic heterocycles. The van der Waals surface area contributed by atoms with Crippen LogP contribution in [0.2, 0.25) is 0 Å². The third kappa shape index (κ3) is 0.986. The maximum absolute atomic E-state index is 10.4. The molecule has 5 atom stereocenters. The van der Waals surface area contributed by atoms with Crippen LogP contribution in [0, 0.1) is 5.92 Å². The van der Waals surface area contributed by atoms with E-state index in [2.05, 4.69) is 19.1 Å². The summed E-state index contributed by atoms with van der Waals surface area (Å²) in [6.07, 6.45) is 6.62. The molecule has 15 heavy (non-hydrogen) atoms. The van der Waals surface area contributed by atoms with Crippen molar-refractivity contribution in [2.45, 2.75) is 55.3 Å². The molecule has 3 rings (SSSR count). The second-order valence-corrected chi connectivity index (χ2v) is 6.21. The summed E-state index contributed by atoms with van der Waals surface area (Å²) < 4.78 is 6.11. The Morgan fingerprint density at radius 3 is 2.87 bits per heavy atom. The molecule has 1 aliphatic carbocycles. The van der Waals surface area contributed by atoms with Gasteiger partial charge in [-0.1, -0.05) is 18.6 Å². The van der Waals surface area contributed by atoms with Crippen LogP contribution in [0.4, 0.5) is 0 Å². The normalized spacial score (nSPS) is 62.1. The molecular formula is C12H17ClO2. The molecular weight excluding hydrogens is 212 g/mol. The summed E-state index contributed by atoms with van der Waals surface area (Å²) in [4.78, 5) is -0.623. The van der Waals surface area contributed by atoms with Crippen LogP contribution in [0.15, 0.2) is 12.2 Å². The van der Waals surface area contributed by atoms with Gasteiger partial charge in [0.05, 0.1) is 11.7 Å². The van der Waals surface area contributed by atoms with Crippen molar-refractivity contribution in [2.24, 2.45) is 5.92 Å². The highest BCUT2D eigenvalue weighted by Gasteiger charge is 2.67. The van der Waals surface area contributed by atoms with Crippen LogP contribution in [0.1, 0.15) is 33.1 Å². The van der Waals surface area contributed by atoms with Crippen LogP contribution in [0.5, 0.6) is 0 Å². The van der Waals surface area contributed by atoms with Gasteiger partial charge in [0.25, 0.3) is 0 Å².